The van der Waals surface area contributed by atoms with Crippen LogP contribution in [0.5, 0.6) is 5.75 Å². The molecule has 0 radical (unpaired) electrons. The van der Waals surface area contributed by atoms with Gasteiger partial charge in [-0.05, 0) is 29.5 Å². The van der Waals surface area contributed by atoms with E-state index in [4.69, 9.17) is 16.3 Å². The summed E-state index contributed by atoms with van der Waals surface area (Å²) in [5.41, 5.74) is 1.11. The van der Waals surface area contributed by atoms with Crippen LogP contribution in [-0.2, 0) is 16.1 Å². The van der Waals surface area contributed by atoms with Crippen LogP contribution in [0, 0.1) is 0 Å². The van der Waals surface area contributed by atoms with Crippen LogP contribution in [0.15, 0.2) is 60.7 Å². The number of methoxy groups -OCH3 is 1. The fourth-order valence-electron chi connectivity index (χ4n) is 4.11. The van der Waals surface area contributed by atoms with Gasteiger partial charge >= 0.3 is 5.97 Å². The zero-order chi connectivity index (χ0) is 22.0. The van der Waals surface area contributed by atoms with Gasteiger partial charge < -0.3 is 15.2 Å². The van der Waals surface area contributed by atoms with E-state index >= 15 is 0 Å². The van der Waals surface area contributed by atoms with Crippen LogP contribution in [0.1, 0.15) is 22.3 Å². The zero-order valence-electron chi connectivity index (χ0n) is 17.0. The Morgan fingerprint density at radius 1 is 1.13 bits per heavy atom. The number of nitrogens with one attached hydrogen (secondary N) is 1. The zero-order valence-corrected chi connectivity index (χ0v) is 17.8. The second-order valence-electron chi connectivity index (χ2n) is 7.65. The smallest absolute Gasteiger partial charge is 0.323 e. The van der Waals surface area contributed by atoms with Crippen molar-refractivity contribution >= 4 is 34.2 Å². The minimum Gasteiger partial charge on any atom is -0.506 e. The van der Waals surface area contributed by atoms with Gasteiger partial charge in [-0.3, -0.25) is 14.5 Å². The van der Waals surface area contributed by atoms with E-state index in [1.807, 2.05) is 47.4 Å². The number of likely N-dealkylation sites (tertiary alicyclic amines) is 1. The van der Waals surface area contributed by atoms with Crippen molar-refractivity contribution in [1.82, 2.24) is 10.2 Å². The predicted octanol–water partition coefficient (Wildman–Crippen LogP) is 3.74. The quantitative estimate of drug-likeness (QED) is 0.593. The van der Waals surface area contributed by atoms with Gasteiger partial charge in [0.2, 0.25) is 0 Å². The van der Waals surface area contributed by atoms with Gasteiger partial charge in [0.1, 0.15) is 11.8 Å². The summed E-state index contributed by atoms with van der Waals surface area (Å²) in [6.07, 6.45) is 0.414. The largest absolute Gasteiger partial charge is 0.506 e. The maximum atomic E-state index is 12.9. The molecular formula is C24H23ClN2O4. The van der Waals surface area contributed by atoms with Crippen molar-refractivity contribution in [3.63, 3.8) is 0 Å². The van der Waals surface area contributed by atoms with E-state index in [-0.39, 0.29) is 29.2 Å². The number of phenols is 1. The molecular weight excluding hydrogens is 416 g/mol. The molecule has 0 aromatic heterocycles. The topological polar surface area (TPSA) is 78.9 Å². The molecule has 0 bridgehead atoms. The lowest BCUT2D eigenvalue weighted by molar-refractivity contribution is -0.146. The number of rotatable bonds is 5. The van der Waals surface area contributed by atoms with Crippen LogP contribution in [0.4, 0.5) is 0 Å². The molecule has 31 heavy (non-hydrogen) atoms. The summed E-state index contributed by atoms with van der Waals surface area (Å²) in [4.78, 5) is 27.2. The second kappa shape index (κ2) is 8.96. The third-order valence-corrected chi connectivity index (χ3v) is 6.06. The first-order valence-corrected chi connectivity index (χ1v) is 10.4. The fraction of sp³-hybridized carbons (Fsp3) is 0.250. The summed E-state index contributed by atoms with van der Waals surface area (Å²) >= 11 is 6.29. The third kappa shape index (κ3) is 4.36. The lowest BCUT2D eigenvalue weighted by atomic mass is 10.0. The average molecular weight is 439 g/mol. The van der Waals surface area contributed by atoms with Crippen molar-refractivity contribution in [2.45, 2.75) is 25.0 Å². The number of benzene rings is 3. The number of halogens is 1. The normalized spacial score (nSPS) is 18.8. The van der Waals surface area contributed by atoms with Crippen molar-refractivity contribution in [2.75, 3.05) is 13.7 Å². The Morgan fingerprint density at radius 3 is 2.65 bits per heavy atom. The maximum Gasteiger partial charge on any atom is 0.323 e. The summed E-state index contributed by atoms with van der Waals surface area (Å²) in [6, 6.07) is 17.5. The number of aromatic hydroxyl groups is 1. The molecule has 1 saturated heterocycles. The Bertz CT molecular complexity index is 1130. The number of esters is 1. The number of nitrogens with zero attached hydrogens (tertiary/aromatic N) is 1. The number of ether oxygens (including phenoxy) is 1. The first kappa shape index (κ1) is 21.2. The summed E-state index contributed by atoms with van der Waals surface area (Å²) in [5.74, 6) is -0.778. The SMILES string of the molecule is COC(=O)[C@@H]1C[C@H](NC(=O)c2ccc3ccccc3c2O)CN1Cc1ccccc1Cl. The van der Waals surface area contributed by atoms with Gasteiger partial charge in [-0.1, -0.05) is 60.1 Å². The van der Waals surface area contributed by atoms with Crippen LogP contribution < -0.4 is 5.32 Å². The molecule has 2 atom stereocenters. The Hall–Kier alpha value is -3.09. The van der Waals surface area contributed by atoms with Gasteiger partial charge in [0.05, 0.1) is 12.7 Å². The first-order valence-electron chi connectivity index (χ1n) is 10.0. The lowest BCUT2D eigenvalue weighted by Crippen LogP contribution is -2.37. The van der Waals surface area contributed by atoms with E-state index in [0.29, 0.717) is 29.9 Å². The number of hydrogen-bond acceptors (Lipinski definition) is 5. The number of phenolic OH excluding ortho intramolecular Hbond substituents is 1. The Morgan fingerprint density at radius 2 is 1.87 bits per heavy atom. The molecule has 2 N–H and O–H groups in total. The molecule has 6 nitrogen and oxygen atoms in total. The molecule has 1 amide bonds. The summed E-state index contributed by atoms with van der Waals surface area (Å²) in [6.45, 7) is 0.929. The van der Waals surface area contributed by atoms with Gasteiger partial charge in [0.25, 0.3) is 5.91 Å². The summed E-state index contributed by atoms with van der Waals surface area (Å²) in [5, 5.41) is 15.6. The molecule has 0 spiro atoms. The van der Waals surface area contributed by atoms with E-state index in [1.165, 1.54) is 7.11 Å². The van der Waals surface area contributed by atoms with Gasteiger partial charge in [0, 0.05) is 29.5 Å². The molecule has 0 saturated carbocycles. The number of hydrogen-bond donors (Lipinski definition) is 2. The number of carbonyl (C=O) groups excluding carboxylic acids is 2. The van der Waals surface area contributed by atoms with E-state index < -0.39 is 6.04 Å². The molecule has 4 rings (SSSR count). The van der Waals surface area contributed by atoms with Gasteiger partial charge in [0.15, 0.2) is 0 Å². The average Bonchev–Trinajstić information content (AvgIpc) is 3.17. The summed E-state index contributed by atoms with van der Waals surface area (Å²) < 4.78 is 4.97. The second-order valence-corrected chi connectivity index (χ2v) is 8.06. The third-order valence-electron chi connectivity index (χ3n) is 5.69. The van der Waals surface area contributed by atoms with Gasteiger partial charge in [-0.2, -0.15) is 0 Å². The van der Waals surface area contributed by atoms with Gasteiger partial charge in [-0.15, -0.1) is 0 Å². The molecule has 3 aromatic carbocycles. The summed E-state index contributed by atoms with van der Waals surface area (Å²) in [7, 11) is 1.36. The van der Waals surface area contributed by atoms with Crippen LogP contribution >= 0.6 is 11.6 Å². The highest BCUT2D eigenvalue weighted by Crippen LogP contribution is 2.29. The predicted molar refractivity (Wildman–Crippen MR) is 119 cm³/mol. The molecule has 3 aromatic rings. The molecule has 1 heterocycles. The molecule has 1 aliphatic heterocycles. The first-order chi connectivity index (χ1) is 15.0. The Labute approximate surface area is 185 Å². The minimum absolute atomic E-state index is 0.0500. The number of amides is 1. The maximum absolute atomic E-state index is 12.9. The van der Waals surface area contributed by atoms with Crippen molar-refractivity contribution in [2.24, 2.45) is 0 Å². The van der Waals surface area contributed by atoms with E-state index in [2.05, 4.69) is 5.32 Å². The van der Waals surface area contributed by atoms with Crippen molar-refractivity contribution < 1.29 is 19.4 Å². The lowest BCUT2D eigenvalue weighted by Gasteiger charge is -2.22. The van der Waals surface area contributed by atoms with E-state index in [1.54, 1.807) is 18.2 Å². The van der Waals surface area contributed by atoms with E-state index in [9.17, 15) is 14.7 Å². The molecule has 7 heteroatoms. The molecule has 160 valence electrons. The van der Waals surface area contributed by atoms with Crippen LogP contribution in [0.25, 0.3) is 10.8 Å². The highest BCUT2D eigenvalue weighted by atomic mass is 35.5. The highest BCUT2D eigenvalue weighted by molar-refractivity contribution is 6.31. The number of carbonyl (C=O) groups is 2. The molecule has 0 aliphatic carbocycles. The standard InChI is InChI=1S/C24H23ClN2O4/c1-31-24(30)21-12-17(14-27(21)13-16-7-3-5-9-20(16)25)26-23(29)19-11-10-15-6-2-4-8-18(15)22(19)28/h2-11,17,21,28H,12-14H2,1H3,(H,26,29)/t17-,21-/m0/s1. The highest BCUT2D eigenvalue weighted by Gasteiger charge is 2.38. The van der Waals surface area contributed by atoms with Crippen LogP contribution in [0.2, 0.25) is 5.02 Å². The fourth-order valence-corrected chi connectivity index (χ4v) is 4.31. The Balaban J connectivity index is 1.52. The monoisotopic (exact) mass is 438 g/mol. The van der Waals surface area contributed by atoms with Crippen molar-refractivity contribution in [1.29, 1.82) is 0 Å². The molecule has 1 aliphatic rings. The Kier molecular flexibility index (Phi) is 6.11. The van der Waals surface area contributed by atoms with Gasteiger partial charge in [-0.25, -0.2) is 0 Å². The van der Waals surface area contributed by atoms with E-state index in [0.717, 1.165) is 10.9 Å². The van der Waals surface area contributed by atoms with Crippen molar-refractivity contribution in [3.8, 4) is 5.75 Å². The molecule has 0 unspecified atom stereocenters. The van der Waals surface area contributed by atoms with Crippen molar-refractivity contribution in [3.05, 3.63) is 76.8 Å². The van der Waals surface area contributed by atoms with Crippen LogP contribution in [0.3, 0.4) is 0 Å². The number of fused-ring (bicyclic) bond motifs is 1. The van der Waals surface area contributed by atoms with Crippen LogP contribution in [-0.4, -0.2) is 47.6 Å². The minimum atomic E-state index is -0.489. The molecule has 1 fully saturated rings.